The lowest BCUT2D eigenvalue weighted by Crippen LogP contribution is -2.56. The molecule has 5 nitrogen and oxygen atoms in total. The Morgan fingerprint density at radius 2 is 1.96 bits per heavy atom. The SMILES string of the molecule is CNC(CCCOCc1ccccc1)(C(=O)O)C(=O)c1cccs1. The minimum atomic E-state index is -1.61. The summed E-state index contributed by atoms with van der Waals surface area (Å²) in [7, 11) is 1.50. The van der Waals surface area contributed by atoms with Crippen LogP contribution in [-0.4, -0.2) is 36.1 Å². The molecule has 2 rings (SSSR count). The van der Waals surface area contributed by atoms with E-state index in [-0.39, 0.29) is 6.42 Å². The maximum Gasteiger partial charge on any atom is 0.332 e. The molecule has 0 aliphatic carbocycles. The zero-order valence-electron chi connectivity index (χ0n) is 13.5. The number of carboxylic acids is 1. The van der Waals surface area contributed by atoms with Gasteiger partial charge in [-0.1, -0.05) is 36.4 Å². The fourth-order valence-corrected chi connectivity index (χ4v) is 3.23. The van der Waals surface area contributed by atoms with Gasteiger partial charge in [0.25, 0.3) is 0 Å². The number of hydrogen-bond donors (Lipinski definition) is 2. The molecule has 24 heavy (non-hydrogen) atoms. The van der Waals surface area contributed by atoms with Crippen molar-refractivity contribution in [2.24, 2.45) is 0 Å². The monoisotopic (exact) mass is 347 g/mol. The van der Waals surface area contributed by atoms with E-state index in [1.807, 2.05) is 30.3 Å². The number of rotatable bonds is 10. The summed E-state index contributed by atoms with van der Waals surface area (Å²) in [6.45, 7) is 0.864. The van der Waals surface area contributed by atoms with Gasteiger partial charge in [0.05, 0.1) is 11.5 Å². The third kappa shape index (κ3) is 4.29. The quantitative estimate of drug-likeness (QED) is 0.393. The average Bonchev–Trinajstić information content (AvgIpc) is 3.13. The van der Waals surface area contributed by atoms with Gasteiger partial charge < -0.3 is 9.84 Å². The largest absolute Gasteiger partial charge is 0.480 e. The number of carboxylic acid groups (broad SMARTS) is 1. The van der Waals surface area contributed by atoms with E-state index in [1.54, 1.807) is 17.5 Å². The van der Waals surface area contributed by atoms with Crippen molar-refractivity contribution in [2.45, 2.75) is 25.0 Å². The van der Waals surface area contributed by atoms with Crippen LogP contribution in [0.4, 0.5) is 0 Å². The number of benzene rings is 1. The molecule has 0 amide bonds. The Kier molecular flexibility index (Phi) is 6.66. The first-order valence-electron chi connectivity index (χ1n) is 7.72. The van der Waals surface area contributed by atoms with Crippen molar-refractivity contribution in [2.75, 3.05) is 13.7 Å². The molecule has 0 fully saturated rings. The number of carbonyl (C=O) groups is 2. The second-order valence-electron chi connectivity index (χ2n) is 5.41. The zero-order chi connectivity index (χ0) is 17.4. The van der Waals surface area contributed by atoms with Crippen molar-refractivity contribution in [1.82, 2.24) is 5.32 Å². The highest BCUT2D eigenvalue weighted by Gasteiger charge is 2.45. The average molecular weight is 347 g/mol. The van der Waals surface area contributed by atoms with Crippen LogP contribution in [0.1, 0.15) is 28.1 Å². The molecule has 0 aliphatic rings. The maximum absolute atomic E-state index is 12.6. The van der Waals surface area contributed by atoms with Crippen LogP contribution >= 0.6 is 11.3 Å². The number of carbonyl (C=O) groups excluding carboxylic acids is 1. The van der Waals surface area contributed by atoms with Crippen LogP contribution in [0.3, 0.4) is 0 Å². The molecule has 0 saturated carbocycles. The van der Waals surface area contributed by atoms with Gasteiger partial charge in [-0.2, -0.15) is 0 Å². The summed E-state index contributed by atoms with van der Waals surface area (Å²) < 4.78 is 5.58. The summed E-state index contributed by atoms with van der Waals surface area (Å²) in [5.41, 5.74) is -0.550. The van der Waals surface area contributed by atoms with E-state index in [9.17, 15) is 14.7 Å². The molecule has 1 aromatic heterocycles. The lowest BCUT2D eigenvalue weighted by Gasteiger charge is -2.27. The second-order valence-corrected chi connectivity index (χ2v) is 6.36. The first kappa shape index (κ1) is 18.3. The lowest BCUT2D eigenvalue weighted by molar-refractivity contribution is -0.142. The van der Waals surface area contributed by atoms with Crippen molar-refractivity contribution in [3.05, 3.63) is 58.3 Å². The van der Waals surface area contributed by atoms with Crippen molar-refractivity contribution < 1.29 is 19.4 Å². The smallest absolute Gasteiger partial charge is 0.332 e. The topological polar surface area (TPSA) is 75.6 Å². The summed E-state index contributed by atoms with van der Waals surface area (Å²) in [4.78, 5) is 24.8. The molecule has 0 radical (unpaired) electrons. The zero-order valence-corrected chi connectivity index (χ0v) is 14.3. The number of ketones is 1. The van der Waals surface area contributed by atoms with E-state index >= 15 is 0 Å². The molecule has 1 unspecified atom stereocenters. The molecule has 1 aromatic carbocycles. The van der Waals surface area contributed by atoms with Gasteiger partial charge in [-0.05, 0) is 36.9 Å². The molecule has 1 heterocycles. The van der Waals surface area contributed by atoms with Crippen LogP contribution in [0.25, 0.3) is 0 Å². The number of Topliss-reactive ketones (excluding diaryl/α,β-unsaturated/α-hetero) is 1. The summed E-state index contributed by atoms with van der Waals surface area (Å²) in [6, 6.07) is 13.1. The van der Waals surface area contributed by atoms with E-state index in [1.165, 1.54) is 18.4 Å². The minimum Gasteiger partial charge on any atom is -0.480 e. The molecule has 6 heteroatoms. The Hall–Kier alpha value is -2.02. The van der Waals surface area contributed by atoms with Gasteiger partial charge in [-0.25, -0.2) is 4.79 Å². The molecular formula is C18H21NO4S. The number of nitrogens with one attached hydrogen (secondary N) is 1. The summed E-state index contributed by atoms with van der Waals surface area (Å²) in [5.74, 6) is -1.57. The normalized spacial score (nSPS) is 13.4. The van der Waals surface area contributed by atoms with Crippen LogP contribution in [0.15, 0.2) is 47.8 Å². The van der Waals surface area contributed by atoms with Crippen LogP contribution in [0.5, 0.6) is 0 Å². The molecule has 0 bridgehead atoms. The van der Waals surface area contributed by atoms with Crippen molar-refractivity contribution in [1.29, 1.82) is 0 Å². The van der Waals surface area contributed by atoms with Crippen molar-refractivity contribution in [3.63, 3.8) is 0 Å². The molecule has 2 N–H and O–H groups in total. The number of hydrogen-bond acceptors (Lipinski definition) is 5. The number of likely N-dealkylation sites (N-methyl/N-ethyl adjacent to an activating group) is 1. The van der Waals surface area contributed by atoms with Gasteiger partial charge in [0, 0.05) is 6.61 Å². The molecule has 0 spiro atoms. The molecule has 1 atom stereocenters. The third-order valence-corrected chi connectivity index (χ3v) is 4.75. The number of thiophene rings is 1. The predicted molar refractivity (Wildman–Crippen MR) is 93.4 cm³/mol. The molecule has 2 aromatic rings. The Morgan fingerprint density at radius 3 is 2.54 bits per heavy atom. The van der Waals surface area contributed by atoms with Gasteiger partial charge in [0.2, 0.25) is 5.78 Å². The highest BCUT2D eigenvalue weighted by Crippen LogP contribution is 2.23. The van der Waals surface area contributed by atoms with Gasteiger partial charge in [0.15, 0.2) is 5.54 Å². The second kappa shape index (κ2) is 8.73. The van der Waals surface area contributed by atoms with Crippen LogP contribution in [0.2, 0.25) is 0 Å². The minimum absolute atomic E-state index is 0.171. The number of ether oxygens (including phenoxy) is 1. The Morgan fingerprint density at radius 1 is 1.21 bits per heavy atom. The molecule has 0 saturated heterocycles. The van der Waals surface area contributed by atoms with Gasteiger partial charge in [-0.15, -0.1) is 11.3 Å². The predicted octanol–water partition coefficient (Wildman–Crippen LogP) is 2.97. The van der Waals surface area contributed by atoms with E-state index in [0.29, 0.717) is 24.5 Å². The van der Waals surface area contributed by atoms with Crippen molar-refractivity contribution >= 4 is 23.1 Å². The number of aliphatic carboxylic acids is 1. The van der Waals surface area contributed by atoms with Gasteiger partial charge in [-0.3, -0.25) is 10.1 Å². The van der Waals surface area contributed by atoms with Crippen LogP contribution in [-0.2, 0) is 16.1 Å². The highest BCUT2D eigenvalue weighted by atomic mass is 32.1. The standard InChI is InChI=1S/C18H21NO4S/c1-19-18(17(21)22,16(20)15-9-5-12-24-15)10-6-11-23-13-14-7-3-2-4-8-14/h2-5,7-9,12,19H,6,10-11,13H2,1H3,(H,21,22). The third-order valence-electron chi connectivity index (χ3n) is 3.88. The van der Waals surface area contributed by atoms with E-state index in [4.69, 9.17) is 4.74 Å². The first-order chi connectivity index (χ1) is 11.6. The molecule has 0 aliphatic heterocycles. The molecule has 128 valence electrons. The highest BCUT2D eigenvalue weighted by molar-refractivity contribution is 7.12. The Labute approximate surface area is 145 Å². The summed E-state index contributed by atoms with van der Waals surface area (Å²) in [6.07, 6.45) is 0.640. The van der Waals surface area contributed by atoms with E-state index in [2.05, 4.69) is 5.32 Å². The summed E-state index contributed by atoms with van der Waals surface area (Å²) in [5, 5.41) is 14.1. The first-order valence-corrected chi connectivity index (χ1v) is 8.60. The fourth-order valence-electron chi connectivity index (χ4n) is 2.48. The van der Waals surface area contributed by atoms with Crippen LogP contribution < -0.4 is 5.32 Å². The van der Waals surface area contributed by atoms with Gasteiger partial charge in [0.1, 0.15) is 0 Å². The van der Waals surface area contributed by atoms with E-state index < -0.39 is 17.3 Å². The fraction of sp³-hybridized carbons (Fsp3) is 0.333. The summed E-state index contributed by atoms with van der Waals surface area (Å²) >= 11 is 1.25. The van der Waals surface area contributed by atoms with Crippen LogP contribution in [0, 0.1) is 0 Å². The lowest BCUT2D eigenvalue weighted by atomic mass is 9.88. The van der Waals surface area contributed by atoms with Crippen molar-refractivity contribution in [3.8, 4) is 0 Å². The Bertz CT molecular complexity index is 657. The maximum atomic E-state index is 12.6. The van der Waals surface area contributed by atoms with Gasteiger partial charge >= 0.3 is 5.97 Å². The van der Waals surface area contributed by atoms with E-state index in [0.717, 1.165) is 5.56 Å². The Balaban J connectivity index is 1.92. The molecular weight excluding hydrogens is 326 g/mol.